The van der Waals surface area contributed by atoms with Gasteiger partial charge in [0.05, 0.1) is 0 Å². The molecule has 0 aliphatic heterocycles. The molecule has 0 saturated carbocycles. The summed E-state index contributed by atoms with van der Waals surface area (Å²) in [6, 6.07) is 6.40. The molecule has 0 spiro atoms. The van der Waals surface area contributed by atoms with Gasteiger partial charge in [0, 0.05) is 16.8 Å². The van der Waals surface area contributed by atoms with Crippen molar-refractivity contribution in [3.8, 4) is 0 Å². The second-order valence-electron chi connectivity index (χ2n) is 6.48. The van der Waals surface area contributed by atoms with Crippen LogP contribution in [-0.4, -0.2) is 4.98 Å². The molecule has 0 bridgehead atoms. The molecule has 90 valence electrons. The van der Waals surface area contributed by atoms with Crippen LogP contribution in [0.25, 0.3) is 0 Å². The second-order valence-corrected chi connectivity index (χ2v) is 6.48. The van der Waals surface area contributed by atoms with E-state index in [9.17, 15) is 0 Å². The maximum absolute atomic E-state index is 4.81. The van der Waals surface area contributed by atoms with Crippen LogP contribution >= 0.6 is 0 Å². The summed E-state index contributed by atoms with van der Waals surface area (Å²) >= 11 is 0. The van der Waals surface area contributed by atoms with E-state index in [0.717, 1.165) is 0 Å². The third kappa shape index (κ3) is 2.45. The first-order chi connectivity index (χ1) is 7.16. The van der Waals surface area contributed by atoms with Crippen molar-refractivity contribution in [3.63, 3.8) is 0 Å². The first-order valence-corrected chi connectivity index (χ1v) is 6.13. The van der Waals surface area contributed by atoms with Gasteiger partial charge >= 0.3 is 0 Å². The molecule has 0 aromatic carbocycles. The molecule has 1 nitrogen and oxygen atoms in total. The van der Waals surface area contributed by atoms with Crippen LogP contribution < -0.4 is 0 Å². The quantitative estimate of drug-likeness (QED) is 0.712. The highest BCUT2D eigenvalue weighted by atomic mass is 14.7. The molecule has 0 fully saturated rings. The molecule has 0 aliphatic rings. The molecule has 16 heavy (non-hydrogen) atoms. The standard InChI is InChI=1S/C15H25N/c1-11(2)12-9-8-10-13(16-12)15(6,7)14(3,4)5/h8-11H,1-7H3. The van der Waals surface area contributed by atoms with Gasteiger partial charge in [-0.05, 0) is 23.5 Å². The molecule has 0 N–H and O–H groups in total. The minimum atomic E-state index is 0.0951. The third-order valence-corrected chi connectivity index (χ3v) is 3.88. The Morgan fingerprint density at radius 1 is 1.00 bits per heavy atom. The Hall–Kier alpha value is -0.850. The minimum absolute atomic E-state index is 0.0951. The van der Waals surface area contributed by atoms with Crippen LogP contribution in [0.2, 0.25) is 0 Å². The van der Waals surface area contributed by atoms with E-state index in [4.69, 9.17) is 4.98 Å². The van der Waals surface area contributed by atoms with Crippen molar-refractivity contribution in [2.24, 2.45) is 5.41 Å². The predicted octanol–water partition coefficient (Wildman–Crippen LogP) is 4.53. The summed E-state index contributed by atoms with van der Waals surface area (Å²) in [5, 5.41) is 0. The first kappa shape index (κ1) is 13.2. The van der Waals surface area contributed by atoms with Crippen LogP contribution in [0.1, 0.15) is 65.8 Å². The average Bonchev–Trinajstić information content (AvgIpc) is 2.16. The van der Waals surface area contributed by atoms with Crippen molar-refractivity contribution in [1.29, 1.82) is 0 Å². The maximum Gasteiger partial charge on any atom is 0.0468 e. The highest BCUT2D eigenvalue weighted by Crippen LogP contribution is 2.40. The average molecular weight is 219 g/mol. The fourth-order valence-corrected chi connectivity index (χ4v) is 1.51. The number of hydrogen-bond donors (Lipinski definition) is 0. The van der Waals surface area contributed by atoms with Gasteiger partial charge in [-0.15, -0.1) is 0 Å². The number of hydrogen-bond acceptors (Lipinski definition) is 1. The van der Waals surface area contributed by atoms with Gasteiger partial charge in [0.15, 0.2) is 0 Å². The summed E-state index contributed by atoms with van der Waals surface area (Å²) < 4.78 is 0. The van der Waals surface area contributed by atoms with E-state index >= 15 is 0 Å². The molecule has 0 amide bonds. The normalized spacial score (nSPS) is 13.2. The van der Waals surface area contributed by atoms with Gasteiger partial charge in [0.25, 0.3) is 0 Å². The van der Waals surface area contributed by atoms with Crippen molar-refractivity contribution in [2.45, 2.75) is 59.8 Å². The van der Waals surface area contributed by atoms with Crippen LogP contribution in [0.5, 0.6) is 0 Å². The monoisotopic (exact) mass is 219 g/mol. The van der Waals surface area contributed by atoms with Crippen molar-refractivity contribution < 1.29 is 0 Å². The van der Waals surface area contributed by atoms with Gasteiger partial charge in [-0.1, -0.05) is 54.5 Å². The highest BCUT2D eigenvalue weighted by Gasteiger charge is 2.35. The maximum atomic E-state index is 4.81. The molecule has 0 aliphatic carbocycles. The van der Waals surface area contributed by atoms with Crippen LogP contribution in [0, 0.1) is 5.41 Å². The summed E-state index contributed by atoms with van der Waals surface area (Å²) in [5.74, 6) is 0.496. The van der Waals surface area contributed by atoms with Crippen LogP contribution in [-0.2, 0) is 5.41 Å². The molecule has 1 heterocycles. The van der Waals surface area contributed by atoms with E-state index in [0.29, 0.717) is 5.92 Å². The number of nitrogens with zero attached hydrogens (tertiary/aromatic N) is 1. The Labute approximate surface area is 100 Å². The predicted molar refractivity (Wildman–Crippen MR) is 70.8 cm³/mol. The second kappa shape index (κ2) is 4.20. The zero-order valence-corrected chi connectivity index (χ0v) is 11.8. The number of aromatic nitrogens is 1. The van der Waals surface area contributed by atoms with E-state index in [-0.39, 0.29) is 10.8 Å². The molecule has 1 heteroatoms. The lowest BCUT2D eigenvalue weighted by atomic mass is 9.67. The van der Waals surface area contributed by atoms with Crippen molar-refractivity contribution in [3.05, 3.63) is 29.6 Å². The lowest BCUT2D eigenvalue weighted by molar-refractivity contribution is 0.219. The highest BCUT2D eigenvalue weighted by molar-refractivity contribution is 5.22. The smallest absolute Gasteiger partial charge is 0.0468 e. The zero-order valence-electron chi connectivity index (χ0n) is 11.8. The molecule has 0 atom stereocenters. The fourth-order valence-electron chi connectivity index (χ4n) is 1.51. The Kier molecular flexibility index (Phi) is 3.47. The third-order valence-electron chi connectivity index (χ3n) is 3.88. The Balaban J connectivity index is 3.19. The van der Waals surface area contributed by atoms with Crippen LogP contribution in [0.3, 0.4) is 0 Å². The summed E-state index contributed by atoms with van der Waals surface area (Å²) in [4.78, 5) is 4.81. The van der Waals surface area contributed by atoms with E-state index in [1.807, 2.05) is 0 Å². The first-order valence-electron chi connectivity index (χ1n) is 6.13. The minimum Gasteiger partial charge on any atom is -0.257 e. The summed E-state index contributed by atoms with van der Waals surface area (Å²) in [5.41, 5.74) is 2.70. The van der Waals surface area contributed by atoms with Gasteiger partial charge in [-0.3, -0.25) is 4.98 Å². The van der Waals surface area contributed by atoms with Crippen molar-refractivity contribution >= 4 is 0 Å². The lowest BCUT2D eigenvalue weighted by Gasteiger charge is -2.38. The van der Waals surface area contributed by atoms with E-state index in [1.165, 1.54) is 11.4 Å². The topological polar surface area (TPSA) is 12.9 Å². The van der Waals surface area contributed by atoms with E-state index in [1.54, 1.807) is 0 Å². The molecular weight excluding hydrogens is 194 g/mol. The van der Waals surface area contributed by atoms with Gasteiger partial charge < -0.3 is 0 Å². The number of rotatable bonds is 2. The molecule has 1 aromatic rings. The van der Waals surface area contributed by atoms with Crippen LogP contribution in [0.15, 0.2) is 18.2 Å². The summed E-state index contributed by atoms with van der Waals surface area (Å²) in [7, 11) is 0. The molecule has 1 aromatic heterocycles. The SMILES string of the molecule is CC(C)c1cccc(C(C)(C)C(C)(C)C)n1. The van der Waals surface area contributed by atoms with E-state index < -0.39 is 0 Å². The Morgan fingerprint density at radius 2 is 1.56 bits per heavy atom. The lowest BCUT2D eigenvalue weighted by Crippen LogP contribution is -2.35. The Morgan fingerprint density at radius 3 is 2.00 bits per heavy atom. The van der Waals surface area contributed by atoms with Gasteiger partial charge in [0.1, 0.15) is 0 Å². The van der Waals surface area contributed by atoms with Crippen molar-refractivity contribution in [1.82, 2.24) is 4.98 Å². The van der Waals surface area contributed by atoms with Gasteiger partial charge in [0.2, 0.25) is 0 Å². The van der Waals surface area contributed by atoms with E-state index in [2.05, 4.69) is 66.7 Å². The van der Waals surface area contributed by atoms with Gasteiger partial charge in [-0.25, -0.2) is 0 Å². The summed E-state index contributed by atoms with van der Waals surface area (Å²) in [6.07, 6.45) is 0. The fraction of sp³-hybridized carbons (Fsp3) is 0.667. The number of pyridine rings is 1. The summed E-state index contributed by atoms with van der Waals surface area (Å²) in [6.45, 7) is 15.8. The van der Waals surface area contributed by atoms with Gasteiger partial charge in [-0.2, -0.15) is 0 Å². The Bertz CT molecular complexity index is 356. The molecule has 0 unspecified atom stereocenters. The largest absolute Gasteiger partial charge is 0.257 e. The molecule has 0 radical (unpaired) electrons. The van der Waals surface area contributed by atoms with Crippen molar-refractivity contribution in [2.75, 3.05) is 0 Å². The molecular formula is C15H25N. The van der Waals surface area contributed by atoms with Crippen LogP contribution in [0.4, 0.5) is 0 Å². The molecule has 0 saturated heterocycles. The zero-order chi connectivity index (χ0) is 12.6. The molecule has 1 rings (SSSR count).